The first-order valence-electron chi connectivity index (χ1n) is 5.08. The highest BCUT2D eigenvalue weighted by Gasteiger charge is 2.08. The van der Waals surface area contributed by atoms with Crippen LogP contribution < -0.4 is 0 Å². The highest BCUT2D eigenvalue weighted by molar-refractivity contribution is 6.30. The Hall–Kier alpha value is -1.38. The lowest BCUT2D eigenvalue weighted by molar-refractivity contribution is 0.178. The molecule has 82 valence electrons. The van der Waals surface area contributed by atoms with Gasteiger partial charge in [-0.15, -0.1) is 0 Å². The Kier molecular flexibility index (Phi) is 3.54. The van der Waals surface area contributed by atoms with Gasteiger partial charge in [0.25, 0.3) is 0 Å². The van der Waals surface area contributed by atoms with E-state index in [-0.39, 0.29) is 0 Å². The van der Waals surface area contributed by atoms with Gasteiger partial charge in [0.15, 0.2) is 0 Å². The van der Waals surface area contributed by atoms with Crippen LogP contribution in [0.2, 0.25) is 5.02 Å². The minimum atomic E-state index is -0.513. The fraction of sp³-hybridized carbons (Fsp3) is 0.154. The summed E-state index contributed by atoms with van der Waals surface area (Å²) in [6.45, 7) is 0. The summed E-state index contributed by atoms with van der Waals surface area (Å²) in [5.74, 6) is 0. The lowest BCUT2D eigenvalue weighted by Crippen LogP contribution is -2.01. The molecular weight excluding hydrogens is 222 g/mol. The van der Waals surface area contributed by atoms with Crippen molar-refractivity contribution in [3.05, 3.63) is 64.9 Å². The zero-order chi connectivity index (χ0) is 11.4. The fourth-order valence-corrected chi connectivity index (χ4v) is 1.67. The molecule has 3 heteroatoms. The van der Waals surface area contributed by atoms with Crippen LogP contribution in [0.3, 0.4) is 0 Å². The average Bonchev–Trinajstić information content (AvgIpc) is 2.31. The number of hydrogen-bond donors (Lipinski definition) is 1. The molecule has 16 heavy (non-hydrogen) atoms. The molecule has 1 atom stereocenters. The first-order valence-corrected chi connectivity index (χ1v) is 5.46. The topological polar surface area (TPSA) is 33.1 Å². The van der Waals surface area contributed by atoms with E-state index >= 15 is 0 Å². The summed E-state index contributed by atoms with van der Waals surface area (Å²) in [7, 11) is 0. The van der Waals surface area contributed by atoms with E-state index in [1.54, 1.807) is 24.5 Å². The number of halogens is 1. The van der Waals surface area contributed by atoms with Crippen molar-refractivity contribution in [2.45, 2.75) is 12.5 Å². The van der Waals surface area contributed by atoms with Crippen LogP contribution in [0, 0.1) is 0 Å². The number of aliphatic hydroxyl groups excluding tert-OH is 1. The summed E-state index contributed by atoms with van der Waals surface area (Å²) in [6.07, 6.45) is 3.54. The van der Waals surface area contributed by atoms with Gasteiger partial charge in [-0.1, -0.05) is 29.8 Å². The van der Waals surface area contributed by atoms with Gasteiger partial charge in [0.05, 0.1) is 6.10 Å². The zero-order valence-electron chi connectivity index (χ0n) is 8.68. The van der Waals surface area contributed by atoms with Crippen molar-refractivity contribution in [1.82, 2.24) is 4.98 Å². The molecule has 0 saturated heterocycles. The number of benzene rings is 1. The number of nitrogens with zero attached hydrogens (tertiary/aromatic N) is 1. The molecule has 1 aromatic carbocycles. The van der Waals surface area contributed by atoms with Crippen molar-refractivity contribution in [2.24, 2.45) is 0 Å². The smallest absolute Gasteiger partial charge is 0.0830 e. The summed E-state index contributed by atoms with van der Waals surface area (Å²) in [5, 5.41) is 10.7. The standard InChI is InChI=1S/C13H12ClNO/c14-12-5-3-11(4-6-12)13(16)8-10-2-1-7-15-9-10/h1-7,9,13,16H,8H2. The molecular formula is C13H12ClNO. The summed E-state index contributed by atoms with van der Waals surface area (Å²) < 4.78 is 0. The molecule has 0 saturated carbocycles. The molecule has 2 rings (SSSR count). The number of aliphatic hydroxyl groups is 1. The minimum Gasteiger partial charge on any atom is -0.388 e. The van der Waals surface area contributed by atoms with Gasteiger partial charge in [-0.25, -0.2) is 0 Å². The largest absolute Gasteiger partial charge is 0.388 e. The maximum atomic E-state index is 9.99. The van der Waals surface area contributed by atoms with Crippen LogP contribution in [0.1, 0.15) is 17.2 Å². The van der Waals surface area contributed by atoms with Crippen molar-refractivity contribution in [1.29, 1.82) is 0 Å². The Labute approximate surface area is 99.5 Å². The van der Waals surface area contributed by atoms with Gasteiger partial charge in [-0.3, -0.25) is 4.98 Å². The third-order valence-corrected chi connectivity index (χ3v) is 2.66. The Balaban J connectivity index is 2.09. The average molecular weight is 234 g/mol. The van der Waals surface area contributed by atoms with Gasteiger partial charge in [0.2, 0.25) is 0 Å². The molecule has 0 radical (unpaired) electrons. The van der Waals surface area contributed by atoms with E-state index in [9.17, 15) is 5.11 Å². The second-order valence-corrected chi connectivity index (χ2v) is 4.07. The van der Waals surface area contributed by atoms with E-state index in [2.05, 4.69) is 4.98 Å². The predicted octanol–water partition coefficient (Wildman–Crippen LogP) is 3.01. The summed E-state index contributed by atoms with van der Waals surface area (Å²) in [6, 6.07) is 11.1. The Morgan fingerprint density at radius 2 is 1.94 bits per heavy atom. The number of pyridine rings is 1. The summed E-state index contributed by atoms with van der Waals surface area (Å²) in [4.78, 5) is 4.01. The normalized spacial score (nSPS) is 12.4. The number of hydrogen-bond acceptors (Lipinski definition) is 2. The number of aromatic nitrogens is 1. The van der Waals surface area contributed by atoms with Crippen LogP contribution in [-0.2, 0) is 6.42 Å². The SMILES string of the molecule is OC(Cc1cccnc1)c1ccc(Cl)cc1. The molecule has 1 unspecified atom stereocenters. The predicted molar refractivity (Wildman–Crippen MR) is 64.4 cm³/mol. The van der Waals surface area contributed by atoms with Crippen LogP contribution in [0.25, 0.3) is 0 Å². The van der Waals surface area contributed by atoms with Crippen LogP contribution in [0.4, 0.5) is 0 Å². The maximum absolute atomic E-state index is 9.99. The minimum absolute atomic E-state index is 0.513. The molecule has 0 aliphatic carbocycles. The summed E-state index contributed by atoms with van der Waals surface area (Å²) >= 11 is 5.78. The highest BCUT2D eigenvalue weighted by atomic mass is 35.5. The van der Waals surface area contributed by atoms with E-state index in [0.29, 0.717) is 11.4 Å². The summed E-state index contributed by atoms with van der Waals surface area (Å²) in [5.41, 5.74) is 1.89. The Bertz CT molecular complexity index is 441. The Morgan fingerprint density at radius 3 is 2.56 bits per heavy atom. The Morgan fingerprint density at radius 1 is 1.19 bits per heavy atom. The van der Waals surface area contributed by atoms with Crippen molar-refractivity contribution in [3.8, 4) is 0 Å². The zero-order valence-corrected chi connectivity index (χ0v) is 9.43. The van der Waals surface area contributed by atoms with Crippen molar-refractivity contribution >= 4 is 11.6 Å². The van der Waals surface area contributed by atoms with Crippen molar-refractivity contribution in [2.75, 3.05) is 0 Å². The molecule has 2 nitrogen and oxygen atoms in total. The quantitative estimate of drug-likeness (QED) is 0.884. The van der Waals surface area contributed by atoms with E-state index in [1.165, 1.54) is 0 Å². The molecule has 0 aliphatic heterocycles. The van der Waals surface area contributed by atoms with Crippen molar-refractivity contribution in [3.63, 3.8) is 0 Å². The van der Waals surface area contributed by atoms with Crippen LogP contribution in [-0.4, -0.2) is 10.1 Å². The second kappa shape index (κ2) is 5.10. The van der Waals surface area contributed by atoms with Gasteiger partial charge in [-0.05, 0) is 29.3 Å². The van der Waals surface area contributed by atoms with Crippen LogP contribution in [0.15, 0.2) is 48.8 Å². The lowest BCUT2D eigenvalue weighted by Gasteiger charge is -2.10. The maximum Gasteiger partial charge on any atom is 0.0830 e. The van der Waals surface area contributed by atoms with Crippen LogP contribution >= 0.6 is 11.6 Å². The monoisotopic (exact) mass is 233 g/mol. The molecule has 2 aromatic rings. The molecule has 1 heterocycles. The molecule has 0 fully saturated rings. The highest BCUT2D eigenvalue weighted by Crippen LogP contribution is 2.19. The second-order valence-electron chi connectivity index (χ2n) is 3.63. The van der Waals surface area contributed by atoms with Gasteiger partial charge in [0.1, 0.15) is 0 Å². The third-order valence-electron chi connectivity index (χ3n) is 2.41. The van der Waals surface area contributed by atoms with Gasteiger partial charge in [0, 0.05) is 23.8 Å². The van der Waals surface area contributed by atoms with Crippen LogP contribution in [0.5, 0.6) is 0 Å². The van der Waals surface area contributed by atoms with E-state index in [1.807, 2.05) is 24.3 Å². The third kappa shape index (κ3) is 2.81. The van der Waals surface area contributed by atoms with E-state index < -0.39 is 6.10 Å². The fourth-order valence-electron chi connectivity index (χ4n) is 1.54. The number of rotatable bonds is 3. The molecule has 1 aromatic heterocycles. The molecule has 1 N–H and O–H groups in total. The first kappa shape index (κ1) is 11.1. The lowest BCUT2D eigenvalue weighted by atomic mass is 10.0. The molecule has 0 bridgehead atoms. The first-order chi connectivity index (χ1) is 7.75. The molecule has 0 spiro atoms. The van der Waals surface area contributed by atoms with Crippen molar-refractivity contribution < 1.29 is 5.11 Å². The molecule has 0 aliphatic rings. The van der Waals surface area contributed by atoms with Gasteiger partial charge in [-0.2, -0.15) is 0 Å². The van der Waals surface area contributed by atoms with Gasteiger partial charge >= 0.3 is 0 Å². The van der Waals surface area contributed by atoms with Gasteiger partial charge < -0.3 is 5.11 Å². The molecule has 0 amide bonds. The van der Waals surface area contributed by atoms with E-state index in [4.69, 9.17) is 11.6 Å². The van der Waals surface area contributed by atoms with E-state index in [0.717, 1.165) is 11.1 Å².